The van der Waals surface area contributed by atoms with Crippen LogP contribution in [0.1, 0.15) is 29.8 Å². The summed E-state index contributed by atoms with van der Waals surface area (Å²) in [6, 6.07) is 6.66. The maximum atomic E-state index is 12.7. The predicted molar refractivity (Wildman–Crippen MR) is 109 cm³/mol. The van der Waals surface area contributed by atoms with E-state index in [-0.39, 0.29) is 41.0 Å². The Labute approximate surface area is 183 Å². The normalized spacial score (nSPS) is 12.1. The number of benzene rings is 1. The van der Waals surface area contributed by atoms with Crippen LogP contribution in [0, 0.1) is 0 Å². The molecule has 1 aromatic heterocycles. The van der Waals surface area contributed by atoms with Gasteiger partial charge >= 0.3 is 6.18 Å². The van der Waals surface area contributed by atoms with Gasteiger partial charge in [0.25, 0.3) is 5.91 Å². The Morgan fingerprint density at radius 1 is 1.19 bits per heavy atom. The molecule has 31 heavy (non-hydrogen) atoms. The standard InChI is InChI=1S/C19H21ClF3N3O4S/c1-3-26(4-2)31(28,29)16-10-14(5-6-15(16)20)18(27)25-11-13-7-8-24-17(9-13)30-12-19(21,22)23/h5-10H,3-4,11-12H2,1-2H3,(H,25,27). The minimum Gasteiger partial charge on any atom is -0.468 e. The highest BCUT2D eigenvalue weighted by Crippen LogP contribution is 2.26. The molecule has 7 nitrogen and oxygen atoms in total. The molecule has 0 spiro atoms. The van der Waals surface area contributed by atoms with Gasteiger partial charge in [0.2, 0.25) is 15.9 Å². The summed E-state index contributed by atoms with van der Waals surface area (Å²) >= 11 is 6.06. The van der Waals surface area contributed by atoms with Gasteiger partial charge in [-0.25, -0.2) is 13.4 Å². The average Bonchev–Trinajstić information content (AvgIpc) is 2.71. The topological polar surface area (TPSA) is 88.6 Å². The van der Waals surface area contributed by atoms with Crippen LogP contribution in [0.25, 0.3) is 0 Å². The highest BCUT2D eigenvalue weighted by atomic mass is 35.5. The highest BCUT2D eigenvalue weighted by molar-refractivity contribution is 7.89. The first-order valence-corrected chi connectivity index (χ1v) is 11.0. The largest absolute Gasteiger partial charge is 0.468 e. The van der Waals surface area contributed by atoms with Crippen molar-refractivity contribution in [3.63, 3.8) is 0 Å². The van der Waals surface area contributed by atoms with Crippen molar-refractivity contribution < 1.29 is 31.1 Å². The first-order valence-electron chi connectivity index (χ1n) is 9.20. The molecule has 0 saturated carbocycles. The second-order valence-electron chi connectivity index (χ2n) is 6.32. The number of nitrogens with one attached hydrogen (secondary N) is 1. The van der Waals surface area contributed by atoms with Crippen molar-refractivity contribution in [2.24, 2.45) is 0 Å². The molecule has 2 aromatic rings. The van der Waals surface area contributed by atoms with E-state index in [1.54, 1.807) is 13.8 Å². The van der Waals surface area contributed by atoms with Gasteiger partial charge in [-0.05, 0) is 29.8 Å². The lowest BCUT2D eigenvalue weighted by atomic mass is 10.2. The molecule has 0 radical (unpaired) electrons. The molecule has 1 amide bonds. The number of carbonyl (C=O) groups is 1. The zero-order chi connectivity index (χ0) is 23.2. The molecule has 12 heteroatoms. The molecule has 0 unspecified atom stereocenters. The van der Waals surface area contributed by atoms with E-state index in [1.165, 1.54) is 40.8 Å². The Balaban J connectivity index is 2.13. The molecule has 0 aliphatic heterocycles. The first-order chi connectivity index (χ1) is 14.5. The minimum atomic E-state index is -4.50. The van der Waals surface area contributed by atoms with Crippen LogP contribution in [-0.4, -0.2) is 49.5 Å². The summed E-state index contributed by atoms with van der Waals surface area (Å²) in [4.78, 5) is 16.0. The molecule has 0 atom stereocenters. The predicted octanol–water partition coefficient (Wildman–Crippen LogP) is 3.64. The van der Waals surface area contributed by atoms with Gasteiger partial charge in [0, 0.05) is 37.5 Å². The second kappa shape index (κ2) is 10.3. The summed E-state index contributed by atoms with van der Waals surface area (Å²) < 4.78 is 68.1. The van der Waals surface area contributed by atoms with Crippen molar-refractivity contribution in [1.29, 1.82) is 0 Å². The van der Waals surface area contributed by atoms with Crippen LogP contribution >= 0.6 is 11.6 Å². The smallest absolute Gasteiger partial charge is 0.422 e. The van der Waals surface area contributed by atoms with Crippen molar-refractivity contribution in [3.05, 3.63) is 52.7 Å². The molecule has 0 saturated heterocycles. The number of sulfonamides is 1. The minimum absolute atomic E-state index is 0.0101. The van der Waals surface area contributed by atoms with Crippen molar-refractivity contribution >= 4 is 27.5 Å². The van der Waals surface area contributed by atoms with Gasteiger partial charge < -0.3 is 10.1 Å². The fraction of sp³-hybridized carbons (Fsp3) is 0.368. The molecule has 1 aromatic carbocycles. The number of aromatic nitrogens is 1. The molecular formula is C19H21ClF3N3O4S. The van der Waals surface area contributed by atoms with Crippen LogP contribution in [0.4, 0.5) is 13.2 Å². The van der Waals surface area contributed by atoms with Crippen LogP contribution in [0.5, 0.6) is 5.88 Å². The molecule has 170 valence electrons. The second-order valence-corrected chi connectivity index (χ2v) is 8.64. The van der Waals surface area contributed by atoms with E-state index in [0.29, 0.717) is 5.56 Å². The number of carbonyl (C=O) groups excluding carboxylic acids is 1. The van der Waals surface area contributed by atoms with Gasteiger partial charge in [0.05, 0.1) is 5.02 Å². The van der Waals surface area contributed by atoms with E-state index >= 15 is 0 Å². The average molecular weight is 480 g/mol. The quantitative estimate of drug-likeness (QED) is 0.593. The van der Waals surface area contributed by atoms with Gasteiger partial charge in [0.1, 0.15) is 4.90 Å². The Morgan fingerprint density at radius 2 is 1.87 bits per heavy atom. The fourth-order valence-electron chi connectivity index (χ4n) is 2.62. The van der Waals surface area contributed by atoms with Gasteiger partial charge in [0.15, 0.2) is 6.61 Å². The van der Waals surface area contributed by atoms with E-state index in [2.05, 4.69) is 15.0 Å². The Bertz CT molecular complexity index is 1030. The number of nitrogens with zero attached hydrogens (tertiary/aromatic N) is 2. The van der Waals surface area contributed by atoms with E-state index in [9.17, 15) is 26.4 Å². The lowest BCUT2D eigenvalue weighted by molar-refractivity contribution is -0.154. The highest BCUT2D eigenvalue weighted by Gasteiger charge is 2.29. The Morgan fingerprint density at radius 3 is 2.48 bits per heavy atom. The summed E-state index contributed by atoms with van der Waals surface area (Å²) in [5.41, 5.74) is 0.517. The molecule has 1 N–H and O–H groups in total. The number of halogens is 4. The van der Waals surface area contributed by atoms with Gasteiger partial charge in [-0.2, -0.15) is 17.5 Å². The molecule has 0 aliphatic carbocycles. The summed E-state index contributed by atoms with van der Waals surface area (Å²) in [5, 5.41) is 2.56. The van der Waals surface area contributed by atoms with E-state index in [1.807, 2.05) is 0 Å². The maximum Gasteiger partial charge on any atom is 0.422 e. The number of hydrogen-bond acceptors (Lipinski definition) is 5. The van der Waals surface area contributed by atoms with Crippen LogP contribution in [0.3, 0.4) is 0 Å². The summed E-state index contributed by atoms with van der Waals surface area (Å²) in [7, 11) is -3.87. The number of hydrogen-bond donors (Lipinski definition) is 1. The zero-order valence-corrected chi connectivity index (χ0v) is 18.3. The van der Waals surface area contributed by atoms with Crippen molar-refractivity contribution in [2.45, 2.75) is 31.5 Å². The number of rotatable bonds is 9. The Hall–Kier alpha value is -2.37. The van der Waals surface area contributed by atoms with Crippen LogP contribution in [0.2, 0.25) is 5.02 Å². The number of pyridine rings is 1. The summed E-state index contributed by atoms with van der Waals surface area (Å²) in [5.74, 6) is -0.814. The SMILES string of the molecule is CCN(CC)S(=O)(=O)c1cc(C(=O)NCc2ccnc(OCC(F)(F)F)c2)ccc1Cl. The third kappa shape index (κ3) is 6.81. The van der Waals surface area contributed by atoms with E-state index in [4.69, 9.17) is 11.6 Å². The van der Waals surface area contributed by atoms with Crippen molar-refractivity contribution in [1.82, 2.24) is 14.6 Å². The Kier molecular flexibility index (Phi) is 8.27. The molecule has 1 heterocycles. The number of alkyl halides is 3. The molecule has 0 bridgehead atoms. The van der Waals surface area contributed by atoms with E-state index in [0.717, 1.165) is 0 Å². The fourth-order valence-corrected chi connectivity index (χ4v) is 4.58. The lowest BCUT2D eigenvalue weighted by Gasteiger charge is -2.19. The van der Waals surface area contributed by atoms with Crippen LogP contribution in [-0.2, 0) is 16.6 Å². The van der Waals surface area contributed by atoms with E-state index < -0.39 is 28.7 Å². The number of ether oxygens (including phenoxy) is 1. The van der Waals surface area contributed by atoms with Crippen LogP contribution in [0.15, 0.2) is 41.4 Å². The third-order valence-electron chi connectivity index (χ3n) is 4.15. The maximum absolute atomic E-state index is 12.7. The molecular weight excluding hydrogens is 459 g/mol. The number of amides is 1. The molecule has 2 rings (SSSR count). The van der Waals surface area contributed by atoms with Crippen molar-refractivity contribution in [3.8, 4) is 5.88 Å². The lowest BCUT2D eigenvalue weighted by Crippen LogP contribution is -2.31. The summed E-state index contributed by atoms with van der Waals surface area (Å²) in [6.45, 7) is 2.34. The van der Waals surface area contributed by atoms with Crippen LogP contribution < -0.4 is 10.1 Å². The molecule has 0 fully saturated rings. The van der Waals surface area contributed by atoms with Gasteiger partial charge in [-0.15, -0.1) is 0 Å². The first kappa shape index (κ1) is 24.9. The zero-order valence-electron chi connectivity index (χ0n) is 16.7. The van der Waals surface area contributed by atoms with Gasteiger partial charge in [-0.3, -0.25) is 4.79 Å². The summed E-state index contributed by atoms with van der Waals surface area (Å²) in [6.07, 6.45) is -3.24. The monoisotopic (exact) mass is 479 g/mol. The van der Waals surface area contributed by atoms with Crippen molar-refractivity contribution in [2.75, 3.05) is 19.7 Å². The molecule has 0 aliphatic rings. The third-order valence-corrected chi connectivity index (χ3v) is 6.68. The van der Waals surface area contributed by atoms with Gasteiger partial charge in [-0.1, -0.05) is 25.4 Å².